The quantitative estimate of drug-likeness (QED) is 0.453. The van der Waals surface area contributed by atoms with Crippen molar-refractivity contribution < 1.29 is 30.7 Å². The van der Waals surface area contributed by atoms with Gasteiger partial charge >= 0.3 is 18.1 Å². The highest BCUT2D eigenvalue weighted by Crippen LogP contribution is 2.43. The number of unbranched alkanes of at least 4 members (excludes halogenated alkanes) is 1. The SMILES string of the molecule is CCCCNC(F)(C(F)(F)F)C(F)(F)F. The predicted octanol–water partition coefficient (Wildman–Crippen LogP) is 3.17. The van der Waals surface area contributed by atoms with Crippen molar-refractivity contribution >= 4 is 0 Å². The normalized spacial score (nSPS) is 14.4. The average molecular weight is 241 g/mol. The maximum absolute atomic E-state index is 12.8. The number of rotatable bonds is 4. The van der Waals surface area contributed by atoms with Crippen molar-refractivity contribution in [3.63, 3.8) is 0 Å². The lowest BCUT2D eigenvalue weighted by Crippen LogP contribution is -2.63. The Balaban J connectivity index is 4.74. The summed E-state index contributed by atoms with van der Waals surface area (Å²) in [6.45, 7) is 0.870. The lowest BCUT2D eigenvalue weighted by atomic mass is 10.2. The van der Waals surface area contributed by atoms with E-state index in [1.54, 1.807) is 6.92 Å². The Morgan fingerprint density at radius 2 is 1.27 bits per heavy atom. The lowest BCUT2D eigenvalue weighted by Gasteiger charge is -2.30. The second kappa shape index (κ2) is 4.54. The molecule has 0 radical (unpaired) electrons. The highest BCUT2D eigenvalue weighted by molar-refractivity contribution is 4.91. The van der Waals surface area contributed by atoms with Crippen LogP contribution in [0.3, 0.4) is 0 Å². The predicted molar refractivity (Wildman–Crippen MR) is 38.9 cm³/mol. The molecule has 0 amide bonds. The molecule has 92 valence electrons. The minimum atomic E-state index is -6.01. The van der Waals surface area contributed by atoms with Gasteiger partial charge in [-0.2, -0.15) is 26.3 Å². The van der Waals surface area contributed by atoms with Crippen LogP contribution in [0.4, 0.5) is 30.7 Å². The average Bonchev–Trinajstić information content (AvgIpc) is 2.00. The van der Waals surface area contributed by atoms with E-state index in [2.05, 4.69) is 0 Å². The Morgan fingerprint density at radius 3 is 1.53 bits per heavy atom. The van der Waals surface area contributed by atoms with E-state index in [4.69, 9.17) is 0 Å². The number of hydrogen-bond donors (Lipinski definition) is 1. The van der Waals surface area contributed by atoms with Crippen LogP contribution in [-0.2, 0) is 0 Å². The van der Waals surface area contributed by atoms with Crippen LogP contribution in [0.5, 0.6) is 0 Å². The summed E-state index contributed by atoms with van der Waals surface area (Å²) in [5.41, 5.74) is 0. The monoisotopic (exact) mass is 241 g/mol. The molecule has 1 nitrogen and oxygen atoms in total. The Kier molecular flexibility index (Phi) is 4.38. The molecular weight excluding hydrogens is 231 g/mol. The highest BCUT2D eigenvalue weighted by atomic mass is 19.4. The van der Waals surface area contributed by atoms with Gasteiger partial charge in [-0.25, -0.2) is 4.39 Å². The summed E-state index contributed by atoms with van der Waals surface area (Å²) in [6.07, 6.45) is -11.6. The van der Waals surface area contributed by atoms with Gasteiger partial charge in [0.1, 0.15) is 0 Å². The maximum atomic E-state index is 12.8. The van der Waals surface area contributed by atoms with Crippen molar-refractivity contribution in [1.29, 1.82) is 0 Å². The fraction of sp³-hybridized carbons (Fsp3) is 1.00. The van der Waals surface area contributed by atoms with Crippen molar-refractivity contribution in [3.8, 4) is 0 Å². The van der Waals surface area contributed by atoms with Gasteiger partial charge in [-0.15, -0.1) is 0 Å². The number of halogens is 7. The maximum Gasteiger partial charge on any atom is 0.445 e. The zero-order valence-electron chi connectivity index (χ0n) is 7.77. The molecule has 0 atom stereocenters. The fourth-order valence-corrected chi connectivity index (χ4v) is 0.799. The Hall–Kier alpha value is -0.530. The fourth-order valence-electron chi connectivity index (χ4n) is 0.799. The van der Waals surface area contributed by atoms with E-state index in [-0.39, 0.29) is 6.42 Å². The van der Waals surface area contributed by atoms with Gasteiger partial charge in [0.05, 0.1) is 0 Å². The van der Waals surface area contributed by atoms with E-state index >= 15 is 0 Å². The standard InChI is InChI=1S/C7H10F7N/c1-2-3-4-15-5(8,6(9,10)11)7(12,13)14/h15H,2-4H2,1H3. The molecule has 8 heteroatoms. The third kappa shape index (κ3) is 3.22. The number of alkyl halides is 7. The van der Waals surface area contributed by atoms with Crippen molar-refractivity contribution in [2.75, 3.05) is 6.54 Å². The molecule has 15 heavy (non-hydrogen) atoms. The minimum Gasteiger partial charge on any atom is -0.269 e. The summed E-state index contributed by atoms with van der Waals surface area (Å²) < 4.78 is 84.0. The minimum absolute atomic E-state index is 0.0256. The third-order valence-corrected chi connectivity index (χ3v) is 1.68. The zero-order valence-corrected chi connectivity index (χ0v) is 7.77. The first kappa shape index (κ1) is 14.5. The van der Waals surface area contributed by atoms with Gasteiger partial charge < -0.3 is 0 Å². The number of nitrogens with one attached hydrogen (secondary N) is 1. The summed E-state index contributed by atoms with van der Waals surface area (Å²) in [6, 6.07) is 0. The lowest BCUT2D eigenvalue weighted by molar-refractivity contribution is -0.352. The van der Waals surface area contributed by atoms with E-state index in [1.807, 2.05) is 0 Å². The molecule has 0 aliphatic heterocycles. The molecule has 0 saturated carbocycles. The molecule has 0 aliphatic carbocycles. The summed E-state index contributed by atoms with van der Waals surface area (Å²) >= 11 is 0. The van der Waals surface area contributed by atoms with Crippen LogP contribution in [0, 0.1) is 0 Å². The van der Waals surface area contributed by atoms with E-state index in [1.165, 1.54) is 0 Å². The van der Waals surface area contributed by atoms with E-state index in [9.17, 15) is 30.7 Å². The largest absolute Gasteiger partial charge is 0.445 e. The van der Waals surface area contributed by atoms with Crippen LogP contribution in [0.15, 0.2) is 0 Å². The van der Waals surface area contributed by atoms with Gasteiger partial charge in [-0.1, -0.05) is 13.3 Å². The second-order valence-electron chi connectivity index (χ2n) is 2.93. The van der Waals surface area contributed by atoms with Gasteiger partial charge in [0.25, 0.3) is 0 Å². The van der Waals surface area contributed by atoms with Crippen molar-refractivity contribution in [1.82, 2.24) is 5.32 Å². The van der Waals surface area contributed by atoms with Gasteiger partial charge in [0.15, 0.2) is 0 Å². The van der Waals surface area contributed by atoms with Crippen LogP contribution in [-0.4, -0.2) is 24.7 Å². The van der Waals surface area contributed by atoms with Crippen molar-refractivity contribution in [3.05, 3.63) is 0 Å². The molecule has 0 bridgehead atoms. The molecule has 1 N–H and O–H groups in total. The summed E-state index contributed by atoms with van der Waals surface area (Å²) in [5.74, 6) is -5.32. The van der Waals surface area contributed by atoms with Gasteiger partial charge in [0.2, 0.25) is 0 Å². The Bertz CT molecular complexity index is 180. The summed E-state index contributed by atoms with van der Waals surface area (Å²) in [4.78, 5) is 0. The molecule has 0 fully saturated rings. The second-order valence-corrected chi connectivity index (χ2v) is 2.93. The highest BCUT2D eigenvalue weighted by Gasteiger charge is 2.72. The van der Waals surface area contributed by atoms with Crippen LogP contribution in [0.1, 0.15) is 19.8 Å². The molecular formula is C7H10F7N. The van der Waals surface area contributed by atoms with Crippen LogP contribution >= 0.6 is 0 Å². The molecule has 0 heterocycles. The summed E-state index contributed by atoms with van der Waals surface area (Å²) in [7, 11) is 0. The van der Waals surface area contributed by atoms with E-state index < -0.39 is 24.7 Å². The van der Waals surface area contributed by atoms with Crippen LogP contribution in [0.2, 0.25) is 0 Å². The van der Waals surface area contributed by atoms with Gasteiger partial charge in [-0.3, -0.25) is 5.32 Å². The smallest absolute Gasteiger partial charge is 0.269 e. The van der Waals surface area contributed by atoms with Crippen LogP contribution in [0.25, 0.3) is 0 Å². The Morgan fingerprint density at radius 1 is 0.867 bits per heavy atom. The van der Waals surface area contributed by atoms with Crippen molar-refractivity contribution in [2.24, 2.45) is 0 Å². The summed E-state index contributed by atoms with van der Waals surface area (Å²) in [5, 5.41) is 0.860. The molecule has 0 unspecified atom stereocenters. The molecule has 0 spiro atoms. The van der Waals surface area contributed by atoms with Crippen LogP contribution < -0.4 is 5.32 Å². The van der Waals surface area contributed by atoms with Crippen molar-refractivity contribution in [2.45, 2.75) is 37.9 Å². The Labute approximate surface area is 81.6 Å². The molecule has 0 aromatic rings. The molecule has 0 aromatic heterocycles. The first-order valence-corrected chi connectivity index (χ1v) is 4.13. The molecule has 0 saturated heterocycles. The first-order valence-electron chi connectivity index (χ1n) is 4.13. The zero-order chi connectivity index (χ0) is 12.3. The molecule has 0 aromatic carbocycles. The van der Waals surface area contributed by atoms with Gasteiger partial charge in [-0.05, 0) is 13.0 Å². The first-order chi connectivity index (χ1) is 6.56. The molecule has 0 aliphatic rings. The van der Waals surface area contributed by atoms with E-state index in [0.29, 0.717) is 6.42 Å². The molecule has 0 rings (SSSR count). The topological polar surface area (TPSA) is 12.0 Å². The van der Waals surface area contributed by atoms with E-state index in [0.717, 1.165) is 5.32 Å². The number of hydrogen-bond acceptors (Lipinski definition) is 1. The third-order valence-electron chi connectivity index (χ3n) is 1.68. The van der Waals surface area contributed by atoms with Gasteiger partial charge in [0, 0.05) is 0 Å².